The Balaban J connectivity index is 2.42. The van der Waals surface area contributed by atoms with E-state index < -0.39 is 5.97 Å². The maximum atomic E-state index is 11.1. The number of carboxylic acid groups (broad SMARTS) is 1. The summed E-state index contributed by atoms with van der Waals surface area (Å²) >= 11 is 3.11. The first-order valence-electron chi connectivity index (χ1n) is 5.13. The quantitative estimate of drug-likeness (QED) is 0.669. The van der Waals surface area contributed by atoms with Crippen LogP contribution >= 0.6 is 15.9 Å². The fourth-order valence-electron chi connectivity index (χ4n) is 1.20. The van der Waals surface area contributed by atoms with Crippen LogP contribution in [-0.2, 0) is 16.0 Å². The van der Waals surface area contributed by atoms with Crippen LogP contribution in [0.1, 0.15) is 22.8 Å². The molecule has 0 aliphatic carbocycles. The van der Waals surface area contributed by atoms with E-state index in [2.05, 4.69) is 15.9 Å². The summed E-state index contributed by atoms with van der Waals surface area (Å²) in [5, 5.41) is 8.71. The van der Waals surface area contributed by atoms with Gasteiger partial charge in [0.1, 0.15) is 4.83 Å². The van der Waals surface area contributed by atoms with E-state index >= 15 is 0 Å². The Morgan fingerprint density at radius 2 is 1.94 bits per heavy atom. The number of carboxylic acids is 1. The number of rotatable bonds is 5. The van der Waals surface area contributed by atoms with Crippen LogP contribution in [0.4, 0.5) is 0 Å². The van der Waals surface area contributed by atoms with Crippen LogP contribution in [0, 0.1) is 0 Å². The zero-order valence-corrected chi connectivity index (χ0v) is 10.9. The molecule has 17 heavy (non-hydrogen) atoms. The molecule has 1 aromatic rings. The van der Waals surface area contributed by atoms with E-state index in [-0.39, 0.29) is 16.4 Å². The molecule has 1 N–H and O–H groups in total. The molecule has 0 fully saturated rings. The molecule has 1 unspecified atom stereocenters. The second-order valence-corrected chi connectivity index (χ2v) is 4.91. The monoisotopic (exact) mass is 300 g/mol. The Labute approximate surface area is 108 Å². The zero-order chi connectivity index (χ0) is 12.8. The average molecular weight is 301 g/mol. The van der Waals surface area contributed by atoms with Gasteiger partial charge in [-0.05, 0) is 24.6 Å². The highest BCUT2D eigenvalue weighted by Gasteiger charge is 2.09. The van der Waals surface area contributed by atoms with Crippen molar-refractivity contribution in [3.63, 3.8) is 0 Å². The highest BCUT2D eigenvalue weighted by Crippen LogP contribution is 2.06. The summed E-state index contributed by atoms with van der Waals surface area (Å²) in [6.45, 7) is 1.99. The van der Waals surface area contributed by atoms with E-state index in [9.17, 15) is 9.59 Å². The lowest BCUT2D eigenvalue weighted by Gasteiger charge is -2.06. The number of aromatic carboxylic acids is 1. The lowest BCUT2D eigenvalue weighted by molar-refractivity contribution is -0.142. The van der Waals surface area contributed by atoms with Crippen LogP contribution in [0.5, 0.6) is 0 Å². The first-order chi connectivity index (χ1) is 8.00. The number of ether oxygens (including phenoxy) is 1. The SMILES string of the molecule is CC(Br)C(=O)OCCc1ccc(C(=O)O)cc1. The summed E-state index contributed by atoms with van der Waals surface area (Å²) in [4.78, 5) is 21.4. The summed E-state index contributed by atoms with van der Waals surface area (Å²) < 4.78 is 4.98. The molecule has 0 heterocycles. The van der Waals surface area contributed by atoms with Crippen molar-refractivity contribution < 1.29 is 19.4 Å². The van der Waals surface area contributed by atoms with Gasteiger partial charge in [0.25, 0.3) is 0 Å². The molecule has 5 heteroatoms. The van der Waals surface area contributed by atoms with Crippen molar-refractivity contribution >= 4 is 27.9 Å². The third kappa shape index (κ3) is 4.56. The smallest absolute Gasteiger partial charge is 0.335 e. The molecule has 0 aliphatic rings. The van der Waals surface area contributed by atoms with Crippen LogP contribution in [0.3, 0.4) is 0 Å². The van der Waals surface area contributed by atoms with Crippen LogP contribution in [-0.4, -0.2) is 28.5 Å². The Morgan fingerprint density at radius 3 is 2.41 bits per heavy atom. The van der Waals surface area contributed by atoms with Gasteiger partial charge in [-0.25, -0.2) is 4.79 Å². The Kier molecular flexibility index (Phi) is 5.15. The van der Waals surface area contributed by atoms with Crippen LogP contribution < -0.4 is 0 Å². The predicted octanol–water partition coefficient (Wildman–Crippen LogP) is 2.25. The Morgan fingerprint density at radius 1 is 1.35 bits per heavy atom. The van der Waals surface area contributed by atoms with Crippen LogP contribution in [0.25, 0.3) is 0 Å². The Hall–Kier alpha value is -1.36. The molecular formula is C12H13BrO4. The van der Waals surface area contributed by atoms with Gasteiger partial charge < -0.3 is 9.84 Å². The maximum absolute atomic E-state index is 11.1. The van der Waals surface area contributed by atoms with Crippen molar-refractivity contribution in [1.82, 2.24) is 0 Å². The number of halogens is 1. The largest absolute Gasteiger partial charge is 0.478 e. The van der Waals surface area contributed by atoms with Crippen molar-refractivity contribution in [2.24, 2.45) is 0 Å². The standard InChI is InChI=1S/C12H13BrO4/c1-8(13)12(16)17-7-6-9-2-4-10(5-3-9)11(14)15/h2-5,8H,6-7H2,1H3,(H,14,15). The fourth-order valence-corrected chi connectivity index (χ4v) is 1.33. The van der Waals surface area contributed by atoms with Gasteiger partial charge in [-0.3, -0.25) is 4.79 Å². The van der Waals surface area contributed by atoms with Crippen molar-refractivity contribution in [1.29, 1.82) is 0 Å². The molecule has 92 valence electrons. The number of esters is 1. The van der Waals surface area contributed by atoms with E-state index in [1.165, 1.54) is 12.1 Å². The van der Waals surface area contributed by atoms with Gasteiger partial charge in [0.15, 0.2) is 0 Å². The minimum atomic E-state index is -0.948. The highest BCUT2D eigenvalue weighted by atomic mass is 79.9. The Bertz CT molecular complexity index is 397. The minimum Gasteiger partial charge on any atom is -0.478 e. The van der Waals surface area contributed by atoms with Crippen molar-refractivity contribution in [3.8, 4) is 0 Å². The van der Waals surface area contributed by atoms with Gasteiger partial charge in [0.2, 0.25) is 0 Å². The van der Waals surface area contributed by atoms with E-state index in [0.717, 1.165) is 5.56 Å². The first-order valence-corrected chi connectivity index (χ1v) is 6.05. The molecule has 0 saturated carbocycles. The first kappa shape index (κ1) is 13.7. The number of alkyl halides is 1. The van der Waals surface area contributed by atoms with Crippen molar-refractivity contribution in [2.45, 2.75) is 18.2 Å². The summed E-state index contributed by atoms with van der Waals surface area (Å²) in [6, 6.07) is 6.50. The second kappa shape index (κ2) is 6.39. The minimum absolute atomic E-state index is 0.250. The molecule has 0 amide bonds. The third-order valence-corrected chi connectivity index (χ3v) is 2.53. The van der Waals surface area contributed by atoms with Gasteiger partial charge in [-0.15, -0.1) is 0 Å². The number of carbonyl (C=O) groups excluding carboxylic acids is 1. The van der Waals surface area contributed by atoms with Crippen molar-refractivity contribution in [3.05, 3.63) is 35.4 Å². The van der Waals surface area contributed by atoms with Crippen LogP contribution in [0.2, 0.25) is 0 Å². The van der Waals surface area contributed by atoms with Gasteiger partial charge in [-0.2, -0.15) is 0 Å². The molecule has 0 spiro atoms. The maximum Gasteiger partial charge on any atom is 0.335 e. The number of carbonyl (C=O) groups is 2. The van der Waals surface area contributed by atoms with E-state index in [4.69, 9.17) is 9.84 Å². The predicted molar refractivity (Wildman–Crippen MR) is 66.5 cm³/mol. The lowest BCUT2D eigenvalue weighted by Crippen LogP contribution is -2.15. The molecule has 1 rings (SSSR count). The van der Waals surface area contributed by atoms with E-state index in [1.807, 2.05) is 0 Å². The molecule has 1 atom stereocenters. The van der Waals surface area contributed by atoms with Crippen molar-refractivity contribution in [2.75, 3.05) is 6.61 Å². The number of benzene rings is 1. The topological polar surface area (TPSA) is 63.6 Å². The zero-order valence-electron chi connectivity index (χ0n) is 9.35. The summed E-state index contributed by atoms with van der Waals surface area (Å²) in [5.74, 6) is -1.25. The summed E-state index contributed by atoms with van der Waals surface area (Å²) in [5.41, 5.74) is 1.19. The molecule has 0 saturated heterocycles. The molecule has 0 bridgehead atoms. The van der Waals surface area contributed by atoms with Gasteiger partial charge >= 0.3 is 11.9 Å². The lowest BCUT2D eigenvalue weighted by atomic mass is 10.1. The van der Waals surface area contributed by atoms with Gasteiger partial charge in [0, 0.05) is 6.42 Å². The molecule has 0 aliphatic heterocycles. The van der Waals surface area contributed by atoms with Crippen LogP contribution in [0.15, 0.2) is 24.3 Å². The van der Waals surface area contributed by atoms with E-state index in [1.54, 1.807) is 19.1 Å². The molecule has 1 aromatic carbocycles. The molecular weight excluding hydrogens is 288 g/mol. The highest BCUT2D eigenvalue weighted by molar-refractivity contribution is 9.10. The fraction of sp³-hybridized carbons (Fsp3) is 0.333. The third-order valence-electron chi connectivity index (χ3n) is 2.16. The molecule has 4 nitrogen and oxygen atoms in total. The number of hydrogen-bond donors (Lipinski definition) is 1. The summed E-state index contributed by atoms with van der Waals surface area (Å²) in [6.07, 6.45) is 0.575. The molecule has 0 aromatic heterocycles. The average Bonchev–Trinajstić information content (AvgIpc) is 2.29. The summed E-state index contributed by atoms with van der Waals surface area (Å²) in [7, 11) is 0. The molecule has 0 radical (unpaired) electrons. The van der Waals surface area contributed by atoms with Gasteiger partial charge in [0.05, 0.1) is 12.2 Å². The normalized spacial score (nSPS) is 11.9. The number of hydrogen-bond acceptors (Lipinski definition) is 3. The second-order valence-electron chi connectivity index (χ2n) is 3.54. The van der Waals surface area contributed by atoms with Gasteiger partial charge in [-0.1, -0.05) is 28.1 Å². The van der Waals surface area contributed by atoms with E-state index in [0.29, 0.717) is 13.0 Å².